The minimum atomic E-state index is 0.151. The van der Waals surface area contributed by atoms with E-state index in [0.29, 0.717) is 5.89 Å². The van der Waals surface area contributed by atoms with E-state index in [1.165, 1.54) is 11.1 Å². The Balaban J connectivity index is 1.78. The van der Waals surface area contributed by atoms with Crippen LogP contribution in [-0.4, -0.2) is 10.1 Å². The third kappa shape index (κ3) is 2.16. The number of aromatic nitrogens is 2. The molecule has 94 valence electrons. The summed E-state index contributed by atoms with van der Waals surface area (Å²) in [5.74, 6) is 1.53. The Kier molecular flexibility index (Phi) is 3.11. The predicted molar refractivity (Wildman–Crippen MR) is 68.0 cm³/mol. The Hall–Kier alpha value is -1.68. The SMILES string of the molecule is CCCc1noc(C2Cc3ccccc3CN2)n1. The van der Waals surface area contributed by atoms with Gasteiger partial charge in [0.05, 0.1) is 6.04 Å². The smallest absolute Gasteiger partial charge is 0.244 e. The highest BCUT2D eigenvalue weighted by atomic mass is 16.5. The highest BCUT2D eigenvalue weighted by Gasteiger charge is 2.23. The fourth-order valence-electron chi connectivity index (χ4n) is 2.36. The van der Waals surface area contributed by atoms with Crippen molar-refractivity contribution in [3.8, 4) is 0 Å². The van der Waals surface area contributed by atoms with Crippen LogP contribution in [0, 0.1) is 0 Å². The Morgan fingerprint density at radius 3 is 3.00 bits per heavy atom. The first-order valence-electron chi connectivity index (χ1n) is 6.49. The topological polar surface area (TPSA) is 51.0 Å². The molecule has 0 saturated heterocycles. The molecule has 0 radical (unpaired) electrons. The molecule has 3 rings (SSSR count). The molecule has 0 bridgehead atoms. The van der Waals surface area contributed by atoms with Gasteiger partial charge in [0, 0.05) is 13.0 Å². The van der Waals surface area contributed by atoms with Crippen LogP contribution in [0.5, 0.6) is 0 Å². The Bertz CT molecular complexity index is 535. The van der Waals surface area contributed by atoms with E-state index in [1.54, 1.807) is 0 Å². The van der Waals surface area contributed by atoms with Gasteiger partial charge < -0.3 is 9.84 Å². The van der Waals surface area contributed by atoms with Gasteiger partial charge in [-0.2, -0.15) is 4.98 Å². The van der Waals surface area contributed by atoms with Gasteiger partial charge in [-0.1, -0.05) is 36.3 Å². The second-order valence-corrected chi connectivity index (χ2v) is 4.71. The molecule has 1 N–H and O–H groups in total. The summed E-state index contributed by atoms with van der Waals surface area (Å²) in [7, 11) is 0. The largest absolute Gasteiger partial charge is 0.338 e. The molecular weight excluding hydrogens is 226 g/mol. The van der Waals surface area contributed by atoms with E-state index in [0.717, 1.165) is 31.6 Å². The molecule has 0 fully saturated rings. The van der Waals surface area contributed by atoms with Crippen LogP contribution in [0.2, 0.25) is 0 Å². The molecule has 1 unspecified atom stereocenters. The summed E-state index contributed by atoms with van der Waals surface area (Å²) in [6, 6.07) is 8.64. The molecule has 1 aromatic heterocycles. The van der Waals surface area contributed by atoms with Gasteiger partial charge in [-0.3, -0.25) is 0 Å². The average Bonchev–Trinajstić information content (AvgIpc) is 2.87. The highest BCUT2D eigenvalue weighted by Crippen LogP contribution is 2.24. The van der Waals surface area contributed by atoms with Gasteiger partial charge in [-0.05, 0) is 24.0 Å². The first-order valence-corrected chi connectivity index (χ1v) is 6.49. The Labute approximate surface area is 106 Å². The van der Waals surface area contributed by atoms with Gasteiger partial charge >= 0.3 is 0 Å². The summed E-state index contributed by atoms with van der Waals surface area (Å²) >= 11 is 0. The Morgan fingerprint density at radius 2 is 2.17 bits per heavy atom. The number of nitrogens with one attached hydrogen (secondary N) is 1. The Morgan fingerprint density at radius 1 is 1.33 bits per heavy atom. The van der Waals surface area contributed by atoms with Crippen molar-refractivity contribution in [1.29, 1.82) is 0 Å². The number of rotatable bonds is 3. The second-order valence-electron chi connectivity index (χ2n) is 4.71. The van der Waals surface area contributed by atoms with Gasteiger partial charge in [0.25, 0.3) is 0 Å². The maximum Gasteiger partial charge on any atom is 0.244 e. The van der Waals surface area contributed by atoms with Crippen molar-refractivity contribution < 1.29 is 4.52 Å². The zero-order chi connectivity index (χ0) is 12.4. The molecule has 1 aromatic carbocycles. The number of aryl methyl sites for hydroxylation is 1. The summed E-state index contributed by atoms with van der Waals surface area (Å²) in [4.78, 5) is 4.46. The van der Waals surface area contributed by atoms with Crippen LogP contribution in [0.4, 0.5) is 0 Å². The maximum absolute atomic E-state index is 5.35. The fraction of sp³-hybridized carbons (Fsp3) is 0.429. The van der Waals surface area contributed by atoms with Crippen LogP contribution in [0.25, 0.3) is 0 Å². The monoisotopic (exact) mass is 243 g/mol. The molecule has 1 atom stereocenters. The number of fused-ring (bicyclic) bond motifs is 1. The van der Waals surface area contributed by atoms with E-state index in [2.05, 4.69) is 46.6 Å². The van der Waals surface area contributed by atoms with Crippen LogP contribution in [0.15, 0.2) is 28.8 Å². The van der Waals surface area contributed by atoms with Gasteiger partial charge in [0.1, 0.15) is 0 Å². The van der Waals surface area contributed by atoms with Gasteiger partial charge in [0.2, 0.25) is 5.89 Å². The summed E-state index contributed by atoms with van der Waals surface area (Å²) in [5, 5.41) is 7.46. The van der Waals surface area contributed by atoms with Crippen LogP contribution < -0.4 is 5.32 Å². The fourth-order valence-corrected chi connectivity index (χ4v) is 2.36. The van der Waals surface area contributed by atoms with Crippen molar-refractivity contribution in [3.63, 3.8) is 0 Å². The van der Waals surface area contributed by atoms with Crippen LogP contribution in [0.3, 0.4) is 0 Å². The summed E-state index contributed by atoms with van der Waals surface area (Å²) in [5.41, 5.74) is 2.73. The number of nitrogens with zero attached hydrogens (tertiary/aromatic N) is 2. The van der Waals surface area contributed by atoms with E-state index >= 15 is 0 Å². The van der Waals surface area contributed by atoms with Gasteiger partial charge in [-0.15, -0.1) is 0 Å². The molecule has 18 heavy (non-hydrogen) atoms. The molecule has 4 heteroatoms. The first kappa shape index (κ1) is 11.4. The van der Waals surface area contributed by atoms with Crippen LogP contribution >= 0.6 is 0 Å². The zero-order valence-corrected chi connectivity index (χ0v) is 10.5. The predicted octanol–water partition coefficient (Wildman–Crippen LogP) is 2.41. The van der Waals surface area contributed by atoms with Crippen molar-refractivity contribution in [3.05, 3.63) is 47.1 Å². The maximum atomic E-state index is 5.35. The van der Waals surface area contributed by atoms with E-state index in [4.69, 9.17) is 4.52 Å². The molecule has 0 aliphatic carbocycles. The third-order valence-corrected chi connectivity index (χ3v) is 3.34. The number of hydrogen-bond acceptors (Lipinski definition) is 4. The van der Waals surface area contributed by atoms with Crippen molar-refractivity contribution in [2.75, 3.05) is 0 Å². The molecule has 0 amide bonds. The number of benzene rings is 1. The lowest BCUT2D eigenvalue weighted by atomic mass is 9.96. The normalized spacial score (nSPS) is 18.6. The first-order chi connectivity index (χ1) is 8.86. The minimum absolute atomic E-state index is 0.151. The van der Waals surface area contributed by atoms with Crippen LogP contribution in [0.1, 0.15) is 42.2 Å². The van der Waals surface area contributed by atoms with Crippen molar-refractivity contribution in [2.45, 2.75) is 38.8 Å². The molecular formula is C14H17N3O. The quantitative estimate of drug-likeness (QED) is 0.899. The number of hydrogen-bond donors (Lipinski definition) is 1. The lowest BCUT2D eigenvalue weighted by Crippen LogP contribution is -2.28. The minimum Gasteiger partial charge on any atom is -0.338 e. The third-order valence-electron chi connectivity index (χ3n) is 3.34. The zero-order valence-electron chi connectivity index (χ0n) is 10.5. The summed E-state index contributed by atoms with van der Waals surface area (Å²) in [6.07, 6.45) is 2.84. The molecule has 2 aromatic rings. The summed E-state index contributed by atoms with van der Waals surface area (Å²) in [6.45, 7) is 2.98. The molecule has 4 nitrogen and oxygen atoms in total. The standard InChI is InChI=1S/C14H17N3O/c1-2-5-13-16-14(18-17-13)12-8-10-6-3-4-7-11(10)9-15-12/h3-4,6-7,12,15H,2,5,8-9H2,1H3. The van der Waals surface area contributed by atoms with Crippen molar-refractivity contribution in [1.82, 2.24) is 15.5 Å². The lowest BCUT2D eigenvalue weighted by Gasteiger charge is -2.23. The highest BCUT2D eigenvalue weighted by molar-refractivity contribution is 5.30. The van der Waals surface area contributed by atoms with Crippen molar-refractivity contribution in [2.24, 2.45) is 0 Å². The molecule has 1 aliphatic heterocycles. The lowest BCUT2D eigenvalue weighted by molar-refractivity contribution is 0.318. The van der Waals surface area contributed by atoms with Gasteiger partial charge in [-0.25, -0.2) is 0 Å². The van der Waals surface area contributed by atoms with Gasteiger partial charge in [0.15, 0.2) is 5.82 Å². The molecule has 0 spiro atoms. The summed E-state index contributed by atoms with van der Waals surface area (Å²) < 4.78 is 5.35. The average molecular weight is 243 g/mol. The van der Waals surface area contributed by atoms with Crippen molar-refractivity contribution >= 4 is 0 Å². The molecule has 0 saturated carbocycles. The van der Waals surface area contributed by atoms with E-state index in [-0.39, 0.29) is 6.04 Å². The molecule has 1 aliphatic rings. The van der Waals surface area contributed by atoms with E-state index in [1.807, 2.05) is 0 Å². The second kappa shape index (κ2) is 4.90. The van der Waals surface area contributed by atoms with E-state index in [9.17, 15) is 0 Å². The van der Waals surface area contributed by atoms with Crippen LogP contribution in [-0.2, 0) is 19.4 Å². The van der Waals surface area contributed by atoms with E-state index < -0.39 is 0 Å². The molecule has 2 heterocycles.